The molecule has 0 saturated heterocycles. The van der Waals surface area contributed by atoms with Crippen LogP contribution < -0.4 is 18.2 Å². The van der Waals surface area contributed by atoms with E-state index in [9.17, 15) is 10.4 Å². The number of ether oxygens (including phenoxy) is 2. The minimum atomic E-state index is -0.496. The van der Waals surface area contributed by atoms with Crippen molar-refractivity contribution in [2.75, 3.05) is 14.2 Å². The van der Waals surface area contributed by atoms with Gasteiger partial charge in [0.05, 0.1) is 0 Å². The van der Waals surface area contributed by atoms with Crippen LogP contribution in [0, 0.1) is 11.3 Å². The first kappa shape index (κ1) is 16.2. The molecule has 0 aliphatic heterocycles. The zero-order chi connectivity index (χ0) is 17.1. The van der Waals surface area contributed by atoms with Crippen LogP contribution in [-0.4, -0.2) is 40.1 Å². The van der Waals surface area contributed by atoms with E-state index in [1.54, 1.807) is 38.6 Å². The summed E-state index contributed by atoms with van der Waals surface area (Å²) in [6.45, 7) is 0. The number of fused-ring (bicyclic) bond motifs is 1. The minimum absolute atomic E-state index is 0.221. The SMILES string of the molecule is COc1cc2ncc(C#N)c([As]c3cccc(O)c3)c2cc1OC. The summed E-state index contributed by atoms with van der Waals surface area (Å²) >= 11 is -0.496. The molecule has 1 N–H and O–H groups in total. The zero-order valence-electron chi connectivity index (χ0n) is 13.1. The summed E-state index contributed by atoms with van der Waals surface area (Å²) in [7, 11) is 3.15. The number of hydrogen-bond acceptors (Lipinski definition) is 5. The quantitative estimate of drug-likeness (QED) is 0.693. The van der Waals surface area contributed by atoms with Crippen LogP contribution in [0.2, 0.25) is 0 Å². The molecule has 0 aliphatic rings. The Balaban J connectivity index is 2.22. The van der Waals surface area contributed by atoms with Crippen LogP contribution in [0.4, 0.5) is 0 Å². The van der Waals surface area contributed by atoms with Crippen LogP contribution >= 0.6 is 0 Å². The van der Waals surface area contributed by atoms with Gasteiger partial charge >= 0.3 is 146 Å². The molecule has 1 radical (unpaired) electrons. The zero-order valence-corrected chi connectivity index (χ0v) is 15.0. The first-order chi connectivity index (χ1) is 11.7. The maximum absolute atomic E-state index is 9.68. The molecule has 3 rings (SSSR count). The van der Waals surface area contributed by atoms with Crippen LogP contribution in [0.5, 0.6) is 17.2 Å². The molecule has 0 spiro atoms. The van der Waals surface area contributed by atoms with E-state index in [0.717, 1.165) is 19.6 Å². The molecule has 0 fully saturated rings. The fraction of sp³-hybridized carbons (Fsp3) is 0.111. The summed E-state index contributed by atoms with van der Waals surface area (Å²) in [5, 5.41) is 20.0. The third-order valence-electron chi connectivity index (χ3n) is 3.54. The number of pyridine rings is 1. The van der Waals surface area contributed by atoms with Crippen LogP contribution in [0.3, 0.4) is 0 Å². The number of nitriles is 1. The van der Waals surface area contributed by atoms with Crippen molar-refractivity contribution in [2.24, 2.45) is 0 Å². The summed E-state index contributed by atoms with van der Waals surface area (Å²) in [5.41, 5.74) is 1.29. The molecular formula is C18H14AsN2O3. The molecule has 0 unspecified atom stereocenters. The normalized spacial score (nSPS) is 10.9. The van der Waals surface area contributed by atoms with E-state index in [-0.39, 0.29) is 5.75 Å². The predicted molar refractivity (Wildman–Crippen MR) is 92.7 cm³/mol. The van der Waals surface area contributed by atoms with Gasteiger partial charge in [-0.2, -0.15) is 0 Å². The second-order valence-corrected chi connectivity index (χ2v) is 7.48. The van der Waals surface area contributed by atoms with Gasteiger partial charge in [0.15, 0.2) is 0 Å². The topological polar surface area (TPSA) is 75.4 Å². The molecule has 119 valence electrons. The van der Waals surface area contributed by atoms with E-state index in [1.807, 2.05) is 18.2 Å². The number of hydrogen-bond donors (Lipinski definition) is 1. The Labute approximate surface area is 146 Å². The first-order valence-electron chi connectivity index (χ1n) is 7.12. The second-order valence-electron chi connectivity index (χ2n) is 4.99. The Morgan fingerprint density at radius 3 is 2.54 bits per heavy atom. The van der Waals surface area contributed by atoms with E-state index >= 15 is 0 Å². The average Bonchev–Trinajstić information content (AvgIpc) is 2.60. The summed E-state index contributed by atoms with van der Waals surface area (Å²) in [6.07, 6.45) is 1.59. The van der Waals surface area contributed by atoms with Gasteiger partial charge in [0.25, 0.3) is 0 Å². The van der Waals surface area contributed by atoms with Crippen molar-refractivity contribution < 1.29 is 14.6 Å². The van der Waals surface area contributed by atoms with Gasteiger partial charge in [0.1, 0.15) is 0 Å². The van der Waals surface area contributed by atoms with Gasteiger partial charge in [-0.1, -0.05) is 0 Å². The van der Waals surface area contributed by atoms with Gasteiger partial charge in [0.2, 0.25) is 0 Å². The fourth-order valence-electron chi connectivity index (χ4n) is 2.40. The van der Waals surface area contributed by atoms with Gasteiger partial charge in [0, 0.05) is 0 Å². The summed E-state index contributed by atoms with van der Waals surface area (Å²) in [6, 6.07) is 13.0. The molecule has 24 heavy (non-hydrogen) atoms. The van der Waals surface area contributed by atoms with Crippen molar-refractivity contribution in [3.8, 4) is 23.3 Å². The van der Waals surface area contributed by atoms with E-state index in [2.05, 4.69) is 11.1 Å². The number of benzene rings is 2. The van der Waals surface area contributed by atoms with Crippen LogP contribution in [0.15, 0.2) is 42.6 Å². The predicted octanol–water partition coefficient (Wildman–Crippen LogP) is 1.48. The molecule has 3 aromatic rings. The van der Waals surface area contributed by atoms with Gasteiger partial charge in [-0.25, -0.2) is 0 Å². The maximum atomic E-state index is 9.68. The van der Waals surface area contributed by atoms with Crippen molar-refractivity contribution >= 4 is 35.4 Å². The number of aromatic nitrogens is 1. The summed E-state index contributed by atoms with van der Waals surface area (Å²) < 4.78 is 12.6. The molecule has 5 nitrogen and oxygen atoms in total. The molecule has 0 bridgehead atoms. The molecule has 6 heteroatoms. The van der Waals surface area contributed by atoms with E-state index in [4.69, 9.17) is 9.47 Å². The third kappa shape index (κ3) is 3.01. The number of rotatable bonds is 4. The van der Waals surface area contributed by atoms with E-state index < -0.39 is 15.8 Å². The molecule has 0 saturated carbocycles. The standard InChI is InChI=1S/C18H14AsN2O3/c1-23-16-7-14-15(8-17(16)24-2)21-10-11(9-20)18(14)19-12-4-3-5-13(22)6-12/h3-8,10,22H,1-2H3. The Hall–Kier alpha value is -2.70. The van der Waals surface area contributed by atoms with Crippen molar-refractivity contribution in [3.05, 3.63) is 48.2 Å². The summed E-state index contributed by atoms with van der Waals surface area (Å²) in [4.78, 5) is 4.36. The Kier molecular flexibility index (Phi) is 4.59. The summed E-state index contributed by atoms with van der Waals surface area (Å²) in [5.74, 6) is 1.42. The first-order valence-corrected chi connectivity index (χ1v) is 8.99. The van der Waals surface area contributed by atoms with Crippen LogP contribution in [0.25, 0.3) is 10.9 Å². The molecule has 0 atom stereocenters. The third-order valence-corrected chi connectivity index (χ3v) is 6.14. The molecule has 1 heterocycles. The number of phenols is 1. The average molecular weight is 381 g/mol. The Morgan fingerprint density at radius 2 is 1.88 bits per heavy atom. The number of methoxy groups -OCH3 is 2. The van der Waals surface area contributed by atoms with Gasteiger partial charge in [-0.05, 0) is 0 Å². The van der Waals surface area contributed by atoms with Crippen molar-refractivity contribution in [2.45, 2.75) is 0 Å². The van der Waals surface area contributed by atoms with Crippen molar-refractivity contribution in [3.63, 3.8) is 0 Å². The Morgan fingerprint density at radius 1 is 1.12 bits per heavy atom. The number of aromatic hydroxyl groups is 1. The monoisotopic (exact) mass is 381 g/mol. The van der Waals surface area contributed by atoms with Crippen molar-refractivity contribution in [1.82, 2.24) is 4.98 Å². The van der Waals surface area contributed by atoms with Crippen LogP contribution in [-0.2, 0) is 0 Å². The molecule has 2 aromatic carbocycles. The van der Waals surface area contributed by atoms with Gasteiger partial charge in [-0.15, -0.1) is 0 Å². The second kappa shape index (κ2) is 6.82. The van der Waals surface area contributed by atoms with Crippen LogP contribution in [0.1, 0.15) is 5.56 Å². The fourth-order valence-corrected chi connectivity index (χ4v) is 4.80. The molecule has 0 amide bonds. The van der Waals surface area contributed by atoms with Gasteiger partial charge < -0.3 is 0 Å². The molecule has 0 aliphatic carbocycles. The van der Waals surface area contributed by atoms with E-state index in [1.165, 1.54) is 0 Å². The number of phenolic OH excluding ortho intramolecular Hbond substituents is 1. The number of nitrogens with zero attached hydrogens (tertiary/aromatic N) is 2. The van der Waals surface area contributed by atoms with Crippen molar-refractivity contribution in [1.29, 1.82) is 5.26 Å². The molecule has 1 aromatic heterocycles. The van der Waals surface area contributed by atoms with Gasteiger partial charge in [-0.3, -0.25) is 0 Å². The Bertz CT molecular complexity index is 951. The van der Waals surface area contributed by atoms with E-state index in [0.29, 0.717) is 17.1 Å². The molecular weight excluding hydrogens is 367 g/mol.